The molecule has 0 atom stereocenters. The van der Waals surface area contributed by atoms with Crippen LogP contribution in [0.15, 0.2) is 60.2 Å². The number of carboxylic acid groups (broad SMARTS) is 1. The molecule has 3 aromatic carbocycles. The van der Waals surface area contributed by atoms with Crippen LogP contribution in [0.1, 0.15) is 21.5 Å². The van der Waals surface area contributed by atoms with Crippen LogP contribution in [0.5, 0.6) is 34.5 Å². The minimum absolute atomic E-state index is 0.0137. The van der Waals surface area contributed by atoms with Crippen LogP contribution >= 0.6 is 0 Å². The zero-order valence-electron chi connectivity index (χ0n) is 20.8. The smallest absolute Gasteiger partial charge is 0.336 e. The fourth-order valence-corrected chi connectivity index (χ4v) is 4.11. The highest BCUT2D eigenvalue weighted by atomic mass is 16.7. The number of carbonyl (C=O) groups is 2. The van der Waals surface area contributed by atoms with Gasteiger partial charge in [-0.05, 0) is 47.5 Å². The molecule has 1 aliphatic heterocycles. The first-order valence-electron chi connectivity index (χ1n) is 11.2. The minimum atomic E-state index is -1.25. The van der Waals surface area contributed by atoms with Crippen molar-refractivity contribution < 1.29 is 43.1 Å². The van der Waals surface area contributed by atoms with Gasteiger partial charge in [0.15, 0.2) is 28.8 Å². The van der Waals surface area contributed by atoms with Gasteiger partial charge in [-0.2, -0.15) is 0 Å². The van der Waals surface area contributed by atoms with Gasteiger partial charge in [0, 0.05) is 17.6 Å². The summed E-state index contributed by atoms with van der Waals surface area (Å²) in [6, 6.07) is 14.7. The number of carboxylic acids is 1. The molecule has 0 amide bonds. The average molecular weight is 507 g/mol. The third-order valence-electron chi connectivity index (χ3n) is 5.91. The number of allylic oxidation sites excluding steroid dienone is 1. The van der Waals surface area contributed by atoms with E-state index >= 15 is 0 Å². The van der Waals surface area contributed by atoms with Crippen LogP contribution in [-0.4, -0.2) is 52.1 Å². The number of hydrogen-bond donors (Lipinski definition) is 1. The number of hydrogen-bond acceptors (Lipinski definition) is 8. The average Bonchev–Trinajstić information content (AvgIpc) is 3.39. The van der Waals surface area contributed by atoms with Crippen molar-refractivity contribution in [2.75, 3.05) is 35.2 Å². The maximum Gasteiger partial charge on any atom is 0.336 e. The second kappa shape index (κ2) is 10.9. The molecule has 3 aromatic rings. The molecule has 0 unspecified atom stereocenters. The van der Waals surface area contributed by atoms with E-state index in [9.17, 15) is 14.7 Å². The third-order valence-corrected chi connectivity index (χ3v) is 5.91. The number of aliphatic carboxylic acids is 1. The van der Waals surface area contributed by atoms with Crippen LogP contribution in [-0.2, 0) is 11.2 Å². The Morgan fingerprint density at radius 1 is 0.784 bits per heavy atom. The minimum Gasteiger partial charge on any atom is -0.497 e. The Hall–Kier alpha value is -4.66. The SMILES string of the molecule is COc1ccc(/C(C(=O)O)=C(/Cc2ccc3c(c2)OCO3)C(=O)c2cc(OC)c(OC)c(OC)c2)cc1. The van der Waals surface area contributed by atoms with Crippen LogP contribution in [0.3, 0.4) is 0 Å². The zero-order chi connectivity index (χ0) is 26.5. The molecule has 0 radical (unpaired) electrons. The largest absolute Gasteiger partial charge is 0.497 e. The van der Waals surface area contributed by atoms with Crippen molar-refractivity contribution >= 4 is 17.3 Å². The number of carbonyl (C=O) groups excluding carboxylic acids is 1. The van der Waals surface area contributed by atoms with Gasteiger partial charge in [0.25, 0.3) is 0 Å². The first-order chi connectivity index (χ1) is 17.9. The summed E-state index contributed by atoms with van der Waals surface area (Å²) in [6.45, 7) is 0.0953. The molecule has 192 valence electrons. The molecule has 0 bridgehead atoms. The van der Waals surface area contributed by atoms with Crippen LogP contribution in [0.2, 0.25) is 0 Å². The summed E-state index contributed by atoms with van der Waals surface area (Å²) in [5.74, 6) is 0.769. The summed E-state index contributed by atoms with van der Waals surface area (Å²) in [7, 11) is 5.85. The lowest BCUT2D eigenvalue weighted by Gasteiger charge is -2.16. The van der Waals surface area contributed by atoms with Crippen LogP contribution in [0.4, 0.5) is 0 Å². The van der Waals surface area contributed by atoms with Gasteiger partial charge in [0.1, 0.15) is 5.75 Å². The number of benzene rings is 3. The fourth-order valence-electron chi connectivity index (χ4n) is 4.11. The predicted octanol–water partition coefficient (Wildman–Crippen LogP) is 4.41. The van der Waals surface area contributed by atoms with Crippen molar-refractivity contribution in [3.63, 3.8) is 0 Å². The highest BCUT2D eigenvalue weighted by Crippen LogP contribution is 2.40. The van der Waals surface area contributed by atoms with Gasteiger partial charge < -0.3 is 33.5 Å². The summed E-state index contributed by atoms with van der Waals surface area (Å²) in [5, 5.41) is 10.3. The molecule has 0 aliphatic carbocycles. The van der Waals surface area contributed by atoms with Gasteiger partial charge in [-0.25, -0.2) is 4.79 Å². The number of fused-ring (bicyclic) bond motifs is 1. The molecule has 4 rings (SSSR count). The Morgan fingerprint density at radius 3 is 2.00 bits per heavy atom. The number of ether oxygens (including phenoxy) is 6. The lowest BCUT2D eigenvalue weighted by Crippen LogP contribution is -2.14. The predicted molar refractivity (Wildman–Crippen MR) is 134 cm³/mol. The molecule has 0 saturated carbocycles. The second-order valence-electron chi connectivity index (χ2n) is 7.99. The quantitative estimate of drug-likeness (QED) is 0.316. The Kier molecular flexibility index (Phi) is 7.52. The summed E-state index contributed by atoms with van der Waals surface area (Å²) in [4.78, 5) is 26.6. The van der Waals surface area contributed by atoms with Crippen LogP contribution in [0.25, 0.3) is 5.57 Å². The fraction of sp³-hybridized carbons (Fsp3) is 0.214. The van der Waals surface area contributed by atoms with Crippen molar-refractivity contribution in [1.29, 1.82) is 0 Å². The van der Waals surface area contributed by atoms with E-state index in [4.69, 9.17) is 28.4 Å². The first-order valence-corrected chi connectivity index (χ1v) is 11.2. The van der Waals surface area contributed by atoms with Gasteiger partial charge in [-0.3, -0.25) is 4.79 Å². The number of Topliss-reactive ketones (excluding diaryl/α,β-unsaturated/α-hetero) is 1. The van der Waals surface area contributed by atoms with Crippen molar-refractivity contribution in [2.24, 2.45) is 0 Å². The van der Waals surface area contributed by atoms with E-state index in [1.54, 1.807) is 42.5 Å². The molecule has 0 aromatic heterocycles. The number of methoxy groups -OCH3 is 4. The Balaban J connectivity index is 1.90. The van der Waals surface area contributed by atoms with E-state index in [-0.39, 0.29) is 41.4 Å². The van der Waals surface area contributed by atoms with Crippen molar-refractivity contribution in [1.82, 2.24) is 0 Å². The molecule has 0 fully saturated rings. The summed E-state index contributed by atoms with van der Waals surface area (Å²) in [5.41, 5.74) is 1.12. The van der Waals surface area contributed by atoms with E-state index < -0.39 is 11.8 Å². The van der Waals surface area contributed by atoms with Crippen molar-refractivity contribution in [3.05, 3.63) is 76.9 Å². The number of ketones is 1. The molecule has 9 heteroatoms. The Bertz CT molecular complexity index is 1330. The van der Waals surface area contributed by atoms with E-state index in [1.807, 2.05) is 0 Å². The monoisotopic (exact) mass is 506 g/mol. The molecule has 0 saturated heterocycles. The molecular formula is C28H26O9. The van der Waals surface area contributed by atoms with E-state index in [0.717, 1.165) is 0 Å². The van der Waals surface area contributed by atoms with Gasteiger partial charge in [0.2, 0.25) is 12.5 Å². The third kappa shape index (κ3) is 5.16. The molecular weight excluding hydrogens is 480 g/mol. The lowest BCUT2D eigenvalue weighted by molar-refractivity contribution is -0.130. The van der Waals surface area contributed by atoms with Gasteiger partial charge >= 0.3 is 5.97 Å². The van der Waals surface area contributed by atoms with Crippen molar-refractivity contribution in [3.8, 4) is 34.5 Å². The molecule has 1 N–H and O–H groups in total. The molecule has 0 spiro atoms. The van der Waals surface area contributed by atoms with Crippen LogP contribution in [0, 0.1) is 0 Å². The normalized spacial score (nSPS) is 12.4. The van der Waals surface area contributed by atoms with E-state index in [2.05, 4.69) is 0 Å². The highest BCUT2D eigenvalue weighted by molar-refractivity contribution is 6.26. The van der Waals surface area contributed by atoms with Crippen molar-refractivity contribution in [2.45, 2.75) is 6.42 Å². The molecule has 1 aliphatic rings. The highest BCUT2D eigenvalue weighted by Gasteiger charge is 2.27. The maximum atomic E-state index is 14.0. The molecule has 9 nitrogen and oxygen atoms in total. The first kappa shape index (κ1) is 25.4. The number of rotatable bonds is 10. The maximum absolute atomic E-state index is 14.0. The van der Waals surface area contributed by atoms with Crippen LogP contribution < -0.4 is 28.4 Å². The Labute approximate surface area is 213 Å². The zero-order valence-corrected chi connectivity index (χ0v) is 20.8. The topological polar surface area (TPSA) is 110 Å². The van der Waals surface area contributed by atoms with E-state index in [0.29, 0.717) is 34.1 Å². The lowest BCUT2D eigenvalue weighted by atomic mass is 9.89. The second-order valence-corrected chi connectivity index (χ2v) is 7.99. The van der Waals surface area contributed by atoms with Gasteiger partial charge in [-0.15, -0.1) is 0 Å². The van der Waals surface area contributed by atoms with Gasteiger partial charge in [0.05, 0.1) is 34.0 Å². The summed E-state index contributed by atoms with van der Waals surface area (Å²) in [6.07, 6.45) is 0.0137. The Morgan fingerprint density at radius 2 is 1.43 bits per heavy atom. The van der Waals surface area contributed by atoms with E-state index in [1.165, 1.54) is 40.6 Å². The summed E-state index contributed by atoms with van der Waals surface area (Å²) < 4.78 is 32.2. The molecule has 1 heterocycles. The standard InChI is InChI=1S/C28H26O9/c1-32-19-8-6-17(7-9-19)25(28(30)31)20(11-16-5-10-21-22(12-16)37-15-36-21)26(29)18-13-23(33-2)27(35-4)24(14-18)34-3/h5-10,12-14H,11,15H2,1-4H3,(H,30,31)/b25-20+. The summed E-state index contributed by atoms with van der Waals surface area (Å²) >= 11 is 0. The molecule has 37 heavy (non-hydrogen) atoms. The van der Waals surface area contributed by atoms with Gasteiger partial charge in [-0.1, -0.05) is 18.2 Å².